The van der Waals surface area contributed by atoms with E-state index in [1.807, 2.05) is 12.1 Å². The smallest absolute Gasteiger partial charge is 0.264 e. The lowest BCUT2D eigenvalue weighted by atomic mass is 10.2. The number of fused-ring (bicyclic) bond motifs is 1. The molecule has 21 heavy (non-hydrogen) atoms. The molecule has 0 radical (unpaired) electrons. The first-order valence-corrected chi connectivity index (χ1v) is 8.67. The number of nitrogen functional groups attached to an aromatic ring is 1. The van der Waals surface area contributed by atoms with Crippen LogP contribution in [0.25, 0.3) is 10.9 Å². The van der Waals surface area contributed by atoms with Crippen LogP contribution in [0.2, 0.25) is 0 Å². The second-order valence-corrected chi connectivity index (χ2v) is 7.47. The molecule has 0 saturated heterocycles. The SMILES string of the molecule is Nc1ccc2[nH]cc(S(=O)(=O)Nc3ccc(I)cc3)c2c1. The molecule has 2 aromatic carbocycles. The second-order valence-electron chi connectivity index (χ2n) is 4.57. The van der Waals surface area contributed by atoms with Crippen LogP contribution in [0.4, 0.5) is 11.4 Å². The average molecular weight is 413 g/mol. The van der Waals surface area contributed by atoms with E-state index in [1.54, 1.807) is 30.3 Å². The van der Waals surface area contributed by atoms with Gasteiger partial charge in [-0.1, -0.05) is 0 Å². The lowest BCUT2D eigenvalue weighted by molar-refractivity contribution is 0.602. The van der Waals surface area contributed by atoms with Crippen LogP contribution in [0.5, 0.6) is 0 Å². The van der Waals surface area contributed by atoms with Crippen molar-refractivity contribution in [2.45, 2.75) is 4.90 Å². The molecular weight excluding hydrogens is 401 g/mol. The molecule has 108 valence electrons. The van der Waals surface area contributed by atoms with E-state index >= 15 is 0 Å². The van der Waals surface area contributed by atoms with Gasteiger partial charge in [-0.2, -0.15) is 0 Å². The van der Waals surface area contributed by atoms with Crippen molar-refractivity contribution in [3.63, 3.8) is 0 Å². The minimum Gasteiger partial charge on any atom is -0.399 e. The fourth-order valence-corrected chi connectivity index (χ4v) is 3.65. The predicted octanol–water partition coefficient (Wildman–Crippen LogP) is 3.16. The third-order valence-electron chi connectivity index (χ3n) is 3.05. The molecule has 0 unspecified atom stereocenters. The second kappa shape index (κ2) is 5.23. The molecule has 3 aromatic rings. The quantitative estimate of drug-likeness (QED) is 0.456. The van der Waals surface area contributed by atoms with Crippen molar-refractivity contribution in [3.05, 3.63) is 52.2 Å². The number of halogens is 1. The van der Waals surface area contributed by atoms with E-state index in [0.29, 0.717) is 16.8 Å². The van der Waals surface area contributed by atoms with E-state index < -0.39 is 10.0 Å². The van der Waals surface area contributed by atoms with Crippen LogP contribution in [-0.4, -0.2) is 13.4 Å². The summed E-state index contributed by atoms with van der Waals surface area (Å²) in [4.78, 5) is 3.12. The molecule has 0 fully saturated rings. The summed E-state index contributed by atoms with van der Waals surface area (Å²) in [6.07, 6.45) is 1.47. The first-order valence-electron chi connectivity index (χ1n) is 6.11. The predicted molar refractivity (Wildman–Crippen MR) is 92.7 cm³/mol. The third-order valence-corrected chi connectivity index (χ3v) is 5.19. The number of sulfonamides is 1. The van der Waals surface area contributed by atoms with E-state index in [0.717, 1.165) is 9.09 Å². The van der Waals surface area contributed by atoms with Gasteiger partial charge >= 0.3 is 0 Å². The Labute approximate surface area is 135 Å². The molecule has 0 saturated carbocycles. The van der Waals surface area contributed by atoms with Crippen molar-refractivity contribution < 1.29 is 8.42 Å². The van der Waals surface area contributed by atoms with Gasteiger partial charge < -0.3 is 10.7 Å². The molecule has 0 bridgehead atoms. The number of rotatable bonds is 3. The van der Waals surface area contributed by atoms with Crippen molar-refractivity contribution in [3.8, 4) is 0 Å². The van der Waals surface area contributed by atoms with E-state index in [2.05, 4.69) is 32.3 Å². The van der Waals surface area contributed by atoms with Crippen molar-refractivity contribution in [1.82, 2.24) is 4.98 Å². The summed E-state index contributed by atoms with van der Waals surface area (Å²) in [5.41, 5.74) is 7.51. The highest BCUT2D eigenvalue weighted by molar-refractivity contribution is 14.1. The number of benzene rings is 2. The molecule has 0 amide bonds. The van der Waals surface area contributed by atoms with Gasteiger partial charge in [0, 0.05) is 32.0 Å². The maximum absolute atomic E-state index is 12.5. The number of hydrogen-bond donors (Lipinski definition) is 3. The summed E-state index contributed by atoms with van der Waals surface area (Å²) in [5.74, 6) is 0. The number of hydrogen-bond acceptors (Lipinski definition) is 3. The van der Waals surface area contributed by atoms with E-state index in [-0.39, 0.29) is 4.90 Å². The molecule has 0 spiro atoms. The normalized spacial score (nSPS) is 11.7. The summed E-state index contributed by atoms with van der Waals surface area (Å²) < 4.78 is 28.6. The Balaban J connectivity index is 2.04. The van der Waals surface area contributed by atoms with E-state index in [9.17, 15) is 8.42 Å². The van der Waals surface area contributed by atoms with Gasteiger partial charge in [0.05, 0.1) is 0 Å². The van der Waals surface area contributed by atoms with Gasteiger partial charge in [0.2, 0.25) is 0 Å². The number of nitrogens with two attached hydrogens (primary N) is 1. The van der Waals surface area contributed by atoms with Gasteiger partial charge in [-0.05, 0) is 65.1 Å². The fourth-order valence-electron chi connectivity index (χ4n) is 2.06. The van der Waals surface area contributed by atoms with Crippen molar-refractivity contribution >= 4 is 54.9 Å². The average Bonchev–Trinajstić information content (AvgIpc) is 2.85. The summed E-state index contributed by atoms with van der Waals surface area (Å²) in [6, 6.07) is 12.3. The lowest BCUT2D eigenvalue weighted by Gasteiger charge is -2.07. The number of anilines is 2. The molecule has 3 rings (SSSR count). The van der Waals surface area contributed by atoms with Crippen LogP contribution < -0.4 is 10.5 Å². The molecule has 0 aliphatic heterocycles. The number of aromatic amines is 1. The molecule has 0 aliphatic carbocycles. The van der Waals surface area contributed by atoms with Gasteiger partial charge in [0.25, 0.3) is 10.0 Å². The number of H-pyrrole nitrogens is 1. The van der Waals surface area contributed by atoms with Crippen LogP contribution in [0.15, 0.2) is 53.6 Å². The Kier molecular flexibility index (Phi) is 3.54. The van der Waals surface area contributed by atoms with Gasteiger partial charge in [0.15, 0.2) is 0 Å². The fraction of sp³-hybridized carbons (Fsp3) is 0. The zero-order valence-electron chi connectivity index (χ0n) is 10.8. The van der Waals surface area contributed by atoms with Gasteiger partial charge in [-0.25, -0.2) is 8.42 Å². The summed E-state index contributed by atoms with van der Waals surface area (Å²) in [6.45, 7) is 0. The highest BCUT2D eigenvalue weighted by Crippen LogP contribution is 2.26. The van der Waals surface area contributed by atoms with Crippen LogP contribution in [-0.2, 0) is 10.0 Å². The first kappa shape index (κ1) is 14.2. The van der Waals surface area contributed by atoms with Crippen molar-refractivity contribution in [1.29, 1.82) is 0 Å². The summed E-state index contributed by atoms with van der Waals surface area (Å²) in [7, 11) is -3.67. The molecule has 4 N–H and O–H groups in total. The molecule has 5 nitrogen and oxygen atoms in total. The topological polar surface area (TPSA) is 88.0 Å². The third kappa shape index (κ3) is 2.84. The monoisotopic (exact) mass is 413 g/mol. The van der Waals surface area contributed by atoms with Crippen LogP contribution >= 0.6 is 22.6 Å². The highest BCUT2D eigenvalue weighted by Gasteiger charge is 2.19. The van der Waals surface area contributed by atoms with Gasteiger partial charge in [-0.15, -0.1) is 0 Å². The summed E-state index contributed by atoms with van der Waals surface area (Å²) >= 11 is 2.16. The largest absolute Gasteiger partial charge is 0.399 e. The Bertz CT molecular complexity index is 902. The maximum Gasteiger partial charge on any atom is 0.264 e. The minimum atomic E-state index is -3.67. The molecule has 1 heterocycles. The van der Waals surface area contributed by atoms with E-state index in [4.69, 9.17) is 5.73 Å². The zero-order valence-corrected chi connectivity index (χ0v) is 13.8. The standard InChI is InChI=1S/C14H12IN3O2S/c15-9-1-4-11(5-2-9)18-21(19,20)14-8-17-13-6-3-10(16)7-12(13)14/h1-8,17-18H,16H2. The summed E-state index contributed by atoms with van der Waals surface area (Å²) in [5, 5.41) is 0.577. The highest BCUT2D eigenvalue weighted by atomic mass is 127. The van der Waals surface area contributed by atoms with Crippen molar-refractivity contribution in [2.24, 2.45) is 0 Å². The molecule has 1 aromatic heterocycles. The Morgan fingerprint density at radius 3 is 2.52 bits per heavy atom. The Morgan fingerprint density at radius 1 is 1.10 bits per heavy atom. The van der Waals surface area contributed by atoms with Crippen LogP contribution in [0.1, 0.15) is 0 Å². The van der Waals surface area contributed by atoms with Crippen LogP contribution in [0, 0.1) is 3.57 Å². The number of aromatic nitrogens is 1. The van der Waals surface area contributed by atoms with Gasteiger partial charge in [-0.3, -0.25) is 4.72 Å². The first-order chi connectivity index (χ1) is 9.95. The molecule has 7 heteroatoms. The Hall–Kier alpha value is -1.74. The maximum atomic E-state index is 12.5. The molecule has 0 aliphatic rings. The number of nitrogens with one attached hydrogen (secondary N) is 2. The zero-order chi connectivity index (χ0) is 15.0. The van der Waals surface area contributed by atoms with Crippen molar-refractivity contribution in [2.75, 3.05) is 10.5 Å². The molecule has 0 atom stereocenters. The molecular formula is C14H12IN3O2S. The van der Waals surface area contributed by atoms with E-state index in [1.165, 1.54) is 6.20 Å². The minimum absolute atomic E-state index is 0.184. The lowest BCUT2D eigenvalue weighted by Crippen LogP contribution is -2.12. The van der Waals surface area contributed by atoms with Crippen LogP contribution in [0.3, 0.4) is 0 Å². The van der Waals surface area contributed by atoms with Gasteiger partial charge in [0.1, 0.15) is 4.90 Å². The Morgan fingerprint density at radius 2 is 1.81 bits per heavy atom.